The van der Waals surface area contributed by atoms with Crippen LogP contribution in [0.25, 0.3) is 0 Å². The van der Waals surface area contributed by atoms with Gasteiger partial charge in [0.2, 0.25) is 0 Å². The molecule has 0 saturated carbocycles. The number of nitrogen functional groups attached to an aromatic ring is 1. The molecule has 1 heterocycles. The van der Waals surface area contributed by atoms with Crippen molar-refractivity contribution < 1.29 is 13.2 Å². The number of nitrogens with two attached hydrogens (primary N) is 1. The van der Waals surface area contributed by atoms with Gasteiger partial charge < -0.3 is 10.5 Å². The monoisotopic (exact) mass is 291 g/mol. The van der Waals surface area contributed by atoms with Crippen LogP contribution in [0.15, 0.2) is 47.5 Å². The van der Waals surface area contributed by atoms with Crippen molar-refractivity contribution in [3.8, 4) is 11.5 Å². The summed E-state index contributed by atoms with van der Waals surface area (Å²) in [6.07, 6.45) is 2.60. The van der Waals surface area contributed by atoms with E-state index in [-0.39, 0.29) is 10.7 Å². The van der Waals surface area contributed by atoms with Crippen LogP contribution in [0.3, 0.4) is 0 Å². The van der Waals surface area contributed by atoms with Crippen molar-refractivity contribution in [2.24, 2.45) is 5.73 Å². The molecule has 7 heteroatoms. The first-order chi connectivity index (χ1) is 9.36. The zero-order valence-corrected chi connectivity index (χ0v) is 11.5. The number of amidine groups is 1. The predicted molar refractivity (Wildman–Crippen MR) is 74.9 cm³/mol. The molecule has 2 aromatic rings. The summed E-state index contributed by atoms with van der Waals surface area (Å²) in [6.45, 7) is 0. The molecule has 0 atom stereocenters. The Labute approximate surface area is 116 Å². The molecule has 0 bridgehead atoms. The highest BCUT2D eigenvalue weighted by atomic mass is 32.2. The highest BCUT2D eigenvalue weighted by Crippen LogP contribution is 2.24. The number of rotatable bonds is 4. The van der Waals surface area contributed by atoms with E-state index in [1.54, 1.807) is 18.2 Å². The maximum absolute atomic E-state index is 11.5. The Morgan fingerprint density at radius 1 is 1.25 bits per heavy atom. The van der Waals surface area contributed by atoms with E-state index >= 15 is 0 Å². The summed E-state index contributed by atoms with van der Waals surface area (Å²) >= 11 is 0. The molecule has 0 saturated heterocycles. The fourth-order valence-electron chi connectivity index (χ4n) is 1.53. The fraction of sp³-hybridized carbons (Fsp3) is 0.0769. The SMILES string of the molecule is CS(=O)(=O)c1cccc(Oc2ccnc(C(=N)N)c2)c1. The van der Waals surface area contributed by atoms with Crippen molar-refractivity contribution in [3.63, 3.8) is 0 Å². The molecule has 2 rings (SSSR count). The van der Waals surface area contributed by atoms with Crippen LogP contribution in [0.5, 0.6) is 11.5 Å². The maximum Gasteiger partial charge on any atom is 0.175 e. The molecule has 0 amide bonds. The standard InChI is InChI=1S/C13H13N3O3S/c1-20(17,18)11-4-2-3-9(7-11)19-10-5-6-16-12(8-10)13(14)15/h2-8H,1H3,(H3,14,15). The van der Waals surface area contributed by atoms with Gasteiger partial charge in [-0.15, -0.1) is 0 Å². The van der Waals surface area contributed by atoms with Gasteiger partial charge in [0.25, 0.3) is 0 Å². The number of benzene rings is 1. The molecule has 1 aromatic carbocycles. The van der Waals surface area contributed by atoms with Crippen molar-refractivity contribution in [1.82, 2.24) is 4.98 Å². The third kappa shape index (κ3) is 3.33. The molecular formula is C13H13N3O3S. The number of nitrogens with one attached hydrogen (secondary N) is 1. The van der Waals surface area contributed by atoms with Gasteiger partial charge in [-0.3, -0.25) is 10.4 Å². The summed E-state index contributed by atoms with van der Waals surface area (Å²) < 4.78 is 28.5. The zero-order chi connectivity index (χ0) is 14.8. The van der Waals surface area contributed by atoms with Crippen molar-refractivity contribution in [2.45, 2.75) is 4.90 Å². The van der Waals surface area contributed by atoms with Crippen molar-refractivity contribution in [3.05, 3.63) is 48.3 Å². The van der Waals surface area contributed by atoms with E-state index in [1.807, 2.05) is 0 Å². The summed E-state index contributed by atoms with van der Waals surface area (Å²) in [4.78, 5) is 4.09. The van der Waals surface area contributed by atoms with E-state index in [1.165, 1.54) is 24.4 Å². The molecule has 1 aromatic heterocycles. The first-order valence-corrected chi connectivity index (χ1v) is 7.54. The molecule has 0 unspecified atom stereocenters. The van der Waals surface area contributed by atoms with Crippen LogP contribution in [-0.4, -0.2) is 25.5 Å². The molecule has 0 radical (unpaired) electrons. The molecule has 0 spiro atoms. The Bertz CT molecular complexity index is 757. The van der Waals surface area contributed by atoms with Gasteiger partial charge in [-0.05, 0) is 24.3 Å². The normalized spacial score (nSPS) is 11.1. The minimum Gasteiger partial charge on any atom is -0.457 e. The summed E-state index contributed by atoms with van der Waals surface area (Å²) in [6, 6.07) is 9.27. The van der Waals surface area contributed by atoms with Gasteiger partial charge in [-0.2, -0.15) is 0 Å². The average molecular weight is 291 g/mol. The lowest BCUT2D eigenvalue weighted by Crippen LogP contribution is -2.12. The third-order valence-electron chi connectivity index (χ3n) is 2.48. The van der Waals surface area contributed by atoms with Gasteiger partial charge in [0.15, 0.2) is 9.84 Å². The minimum absolute atomic E-state index is 0.166. The van der Waals surface area contributed by atoms with Crippen molar-refractivity contribution in [2.75, 3.05) is 6.26 Å². The second kappa shape index (κ2) is 5.30. The van der Waals surface area contributed by atoms with Gasteiger partial charge in [0.1, 0.15) is 23.0 Å². The van der Waals surface area contributed by atoms with E-state index in [2.05, 4.69) is 4.98 Å². The zero-order valence-electron chi connectivity index (χ0n) is 10.7. The Morgan fingerprint density at radius 2 is 1.95 bits per heavy atom. The highest BCUT2D eigenvalue weighted by molar-refractivity contribution is 7.90. The molecule has 0 aliphatic rings. The van der Waals surface area contributed by atoms with Crippen LogP contribution in [-0.2, 0) is 9.84 Å². The van der Waals surface area contributed by atoms with Crippen LogP contribution in [0.2, 0.25) is 0 Å². The molecule has 20 heavy (non-hydrogen) atoms. The molecule has 3 N–H and O–H groups in total. The van der Waals surface area contributed by atoms with E-state index in [4.69, 9.17) is 15.9 Å². The maximum atomic E-state index is 11.5. The Kier molecular flexibility index (Phi) is 3.71. The number of ether oxygens (including phenoxy) is 1. The van der Waals surface area contributed by atoms with Crippen LogP contribution < -0.4 is 10.5 Å². The Balaban J connectivity index is 2.31. The second-order valence-corrected chi connectivity index (χ2v) is 6.16. The fourth-order valence-corrected chi connectivity index (χ4v) is 2.18. The number of hydrogen-bond donors (Lipinski definition) is 2. The van der Waals surface area contributed by atoms with Gasteiger partial charge in [-0.1, -0.05) is 6.07 Å². The molecule has 0 aliphatic heterocycles. The first-order valence-electron chi connectivity index (χ1n) is 5.65. The molecule has 0 aliphatic carbocycles. The van der Waals surface area contributed by atoms with Crippen LogP contribution in [0.1, 0.15) is 5.69 Å². The summed E-state index contributed by atoms with van der Waals surface area (Å²) in [5, 5.41) is 7.31. The first kappa shape index (κ1) is 14.0. The van der Waals surface area contributed by atoms with Gasteiger partial charge in [0.05, 0.1) is 4.90 Å². The van der Waals surface area contributed by atoms with Crippen LogP contribution in [0, 0.1) is 5.41 Å². The highest BCUT2D eigenvalue weighted by Gasteiger charge is 2.09. The summed E-state index contributed by atoms with van der Waals surface area (Å²) in [5.41, 5.74) is 5.64. The molecule has 0 fully saturated rings. The van der Waals surface area contributed by atoms with E-state index in [0.717, 1.165) is 6.26 Å². The van der Waals surface area contributed by atoms with Gasteiger partial charge in [0, 0.05) is 18.5 Å². The number of nitrogens with zero attached hydrogens (tertiary/aromatic N) is 1. The van der Waals surface area contributed by atoms with E-state index in [0.29, 0.717) is 17.2 Å². The topological polar surface area (TPSA) is 106 Å². The molecule has 104 valence electrons. The number of hydrogen-bond acceptors (Lipinski definition) is 5. The molecule has 6 nitrogen and oxygen atoms in total. The number of aromatic nitrogens is 1. The lowest BCUT2D eigenvalue weighted by molar-refractivity contribution is 0.480. The van der Waals surface area contributed by atoms with Crippen LogP contribution >= 0.6 is 0 Å². The number of pyridine rings is 1. The van der Waals surface area contributed by atoms with Gasteiger partial charge in [-0.25, -0.2) is 8.42 Å². The lowest BCUT2D eigenvalue weighted by Gasteiger charge is -2.07. The van der Waals surface area contributed by atoms with Crippen molar-refractivity contribution >= 4 is 15.7 Å². The third-order valence-corrected chi connectivity index (χ3v) is 3.59. The Hall–Kier alpha value is -2.41. The quantitative estimate of drug-likeness (QED) is 0.656. The van der Waals surface area contributed by atoms with E-state index < -0.39 is 9.84 Å². The smallest absolute Gasteiger partial charge is 0.175 e. The number of sulfone groups is 1. The van der Waals surface area contributed by atoms with Crippen LogP contribution in [0.4, 0.5) is 0 Å². The second-order valence-electron chi connectivity index (χ2n) is 4.14. The van der Waals surface area contributed by atoms with Gasteiger partial charge >= 0.3 is 0 Å². The minimum atomic E-state index is -3.29. The van der Waals surface area contributed by atoms with Crippen molar-refractivity contribution in [1.29, 1.82) is 5.41 Å². The predicted octanol–water partition coefficient (Wildman–Crippen LogP) is 1.56. The Morgan fingerprint density at radius 3 is 2.60 bits per heavy atom. The van der Waals surface area contributed by atoms with E-state index in [9.17, 15) is 8.42 Å². The molecular weight excluding hydrogens is 278 g/mol. The lowest BCUT2D eigenvalue weighted by atomic mass is 10.3. The average Bonchev–Trinajstić information content (AvgIpc) is 2.38. The summed E-state index contributed by atoms with van der Waals surface area (Å²) in [7, 11) is -3.29. The largest absolute Gasteiger partial charge is 0.457 e. The summed E-state index contributed by atoms with van der Waals surface area (Å²) in [5.74, 6) is 0.643.